The zero-order valence-electron chi connectivity index (χ0n) is 2.30. The van der Waals surface area contributed by atoms with Crippen molar-refractivity contribution in [3.63, 3.8) is 0 Å². The Labute approximate surface area is 93.3 Å². The summed E-state index contributed by atoms with van der Waals surface area (Å²) in [4.78, 5) is 14.3. The molecule has 0 amide bonds. The Morgan fingerprint density at radius 1 is 1.29 bits per heavy atom. The number of hydrogen-bond donors (Lipinski definition) is 2. The Morgan fingerprint density at radius 2 is 1.29 bits per heavy atom. The second kappa shape index (κ2) is 15.6. The Hall–Kier alpha value is 1.68. The average Bonchev–Trinajstić information content (AvgIpc) is 0.811. The summed E-state index contributed by atoms with van der Waals surface area (Å²) in [5.41, 5.74) is 0. The van der Waals surface area contributed by atoms with Crippen molar-refractivity contribution in [2.24, 2.45) is 0 Å². The van der Waals surface area contributed by atoms with Gasteiger partial charge in [0.2, 0.25) is 0 Å². The molecule has 0 radical (unpaired) electrons. The SMILES string of the molecule is O.O=[Si](O)O.[AlH3].[BaH2]. The van der Waals surface area contributed by atoms with Crippen LogP contribution in [0.25, 0.3) is 0 Å². The summed E-state index contributed by atoms with van der Waals surface area (Å²) >= 11 is 0. The van der Waals surface area contributed by atoms with Gasteiger partial charge in [0.15, 0.2) is 17.4 Å². The predicted octanol–water partition coefficient (Wildman–Crippen LogP) is -4.54. The van der Waals surface area contributed by atoms with Crippen molar-refractivity contribution in [2.75, 3.05) is 0 Å². The Bertz CT molecular complexity index is 34.7. The normalized spacial score (nSPS) is 3.43. The maximum absolute atomic E-state index is 8.74. The van der Waals surface area contributed by atoms with Crippen LogP contribution in [0.1, 0.15) is 0 Å². The fourth-order valence-corrected chi connectivity index (χ4v) is 0. The minimum absolute atomic E-state index is 0. The van der Waals surface area contributed by atoms with Crippen LogP contribution in [0.4, 0.5) is 0 Å². The van der Waals surface area contributed by atoms with Crippen LogP contribution in [0.3, 0.4) is 0 Å². The Kier molecular flexibility index (Phi) is 52.2. The summed E-state index contributed by atoms with van der Waals surface area (Å²) in [7, 11) is -3.13. The van der Waals surface area contributed by atoms with Crippen molar-refractivity contribution in [2.45, 2.75) is 0 Å². The van der Waals surface area contributed by atoms with Crippen LogP contribution in [0, 0.1) is 0 Å². The van der Waals surface area contributed by atoms with Gasteiger partial charge in [0, 0.05) is 0 Å². The monoisotopic (exact) mass is 266 g/mol. The third-order valence-electron chi connectivity index (χ3n) is 0. The third kappa shape index (κ3) is 87.7. The van der Waals surface area contributed by atoms with E-state index in [1.54, 1.807) is 0 Å². The van der Waals surface area contributed by atoms with E-state index < -0.39 is 9.17 Å². The number of hydrogen-bond acceptors (Lipinski definition) is 1. The quantitative estimate of drug-likeness (QED) is 0.432. The van der Waals surface area contributed by atoms with E-state index in [1.165, 1.54) is 0 Å². The van der Waals surface area contributed by atoms with Crippen LogP contribution in [-0.2, 0) is 4.46 Å². The predicted molar refractivity (Wildman–Crippen MR) is 33.0 cm³/mol. The molecule has 7 heavy (non-hydrogen) atoms. The van der Waals surface area contributed by atoms with Crippen molar-refractivity contribution in [3.05, 3.63) is 0 Å². The first kappa shape index (κ1) is 23.4. The summed E-state index contributed by atoms with van der Waals surface area (Å²) in [6.07, 6.45) is 0. The fourth-order valence-electron chi connectivity index (χ4n) is 0. The average molecular weight is 265 g/mol. The molecule has 0 bridgehead atoms. The molecular weight excluding hydrogens is 256 g/mol. The molecule has 0 aromatic heterocycles. The first-order valence-corrected chi connectivity index (χ1v) is 1.95. The second-order valence-electron chi connectivity index (χ2n) is 0.283. The van der Waals surface area contributed by atoms with Gasteiger partial charge in [-0.05, 0) is 0 Å². The molecule has 0 saturated heterocycles. The van der Waals surface area contributed by atoms with Gasteiger partial charge in [0.1, 0.15) is 0 Å². The van der Waals surface area contributed by atoms with E-state index in [-0.39, 0.29) is 71.7 Å². The molecule has 0 unspecified atom stereocenters. The molecular formula is H9AlBaO4Si. The van der Waals surface area contributed by atoms with Crippen molar-refractivity contribution in [1.29, 1.82) is 0 Å². The molecule has 0 saturated carbocycles. The molecule has 7 heteroatoms. The van der Waals surface area contributed by atoms with Crippen molar-refractivity contribution in [1.82, 2.24) is 0 Å². The standard InChI is InChI=1S/Al.Ba.H2O3Si.H2O.5H/c;;1-4(2)3;;;;;;/h;;1-2H;1H2;;;;;. The van der Waals surface area contributed by atoms with Crippen LogP contribution in [0.2, 0.25) is 0 Å². The zero-order valence-corrected chi connectivity index (χ0v) is 3.30. The van der Waals surface area contributed by atoms with Crippen molar-refractivity contribution < 1.29 is 19.5 Å². The van der Waals surface area contributed by atoms with Gasteiger partial charge < -0.3 is 15.1 Å². The van der Waals surface area contributed by atoms with Gasteiger partial charge in [0.05, 0.1) is 0 Å². The van der Waals surface area contributed by atoms with Crippen LogP contribution in [0.15, 0.2) is 0 Å². The molecule has 0 spiro atoms. The van der Waals surface area contributed by atoms with Gasteiger partial charge in [-0.1, -0.05) is 0 Å². The summed E-state index contributed by atoms with van der Waals surface area (Å²) in [6.45, 7) is 0. The van der Waals surface area contributed by atoms with Crippen LogP contribution < -0.4 is 0 Å². The van der Waals surface area contributed by atoms with E-state index >= 15 is 0 Å². The molecule has 0 rings (SSSR count). The topological polar surface area (TPSA) is 89.0 Å². The maximum atomic E-state index is 8.74. The zero-order chi connectivity index (χ0) is 3.58. The van der Waals surface area contributed by atoms with Gasteiger partial charge in [-0.2, -0.15) is 0 Å². The molecule has 0 atom stereocenters. The Balaban J connectivity index is -0.0000000150. The van der Waals surface area contributed by atoms with E-state index in [9.17, 15) is 0 Å². The Morgan fingerprint density at radius 3 is 1.29 bits per heavy atom. The molecule has 42 valence electrons. The van der Waals surface area contributed by atoms with Gasteiger partial charge in [-0.15, -0.1) is 0 Å². The molecule has 0 fully saturated rings. The van der Waals surface area contributed by atoms with Crippen molar-refractivity contribution >= 4 is 75.4 Å². The number of rotatable bonds is 0. The molecule has 0 heterocycles. The summed E-state index contributed by atoms with van der Waals surface area (Å²) in [5, 5.41) is 0. The molecule has 0 aliphatic carbocycles. The van der Waals surface area contributed by atoms with E-state index in [2.05, 4.69) is 0 Å². The van der Waals surface area contributed by atoms with Crippen LogP contribution in [0.5, 0.6) is 0 Å². The van der Waals surface area contributed by atoms with Gasteiger partial charge >= 0.3 is 58.1 Å². The molecule has 0 aliphatic heterocycles. The van der Waals surface area contributed by atoms with Crippen LogP contribution in [-0.4, -0.2) is 90.5 Å². The third-order valence-corrected chi connectivity index (χ3v) is 0. The summed E-state index contributed by atoms with van der Waals surface area (Å²) in [6, 6.07) is 0. The summed E-state index contributed by atoms with van der Waals surface area (Å²) in [5.74, 6) is 0. The minimum atomic E-state index is -3.13. The first-order chi connectivity index (χ1) is 1.73. The van der Waals surface area contributed by atoms with E-state index in [4.69, 9.17) is 14.1 Å². The van der Waals surface area contributed by atoms with Crippen LogP contribution >= 0.6 is 0 Å². The first-order valence-electron chi connectivity index (χ1n) is 0.651. The second-order valence-corrected chi connectivity index (χ2v) is 0.848. The molecule has 0 aromatic rings. The van der Waals surface area contributed by atoms with Crippen molar-refractivity contribution in [3.8, 4) is 0 Å². The molecule has 4 nitrogen and oxygen atoms in total. The molecule has 4 N–H and O–H groups in total. The summed E-state index contributed by atoms with van der Waals surface area (Å²) < 4.78 is 8.74. The van der Waals surface area contributed by atoms with Gasteiger partial charge in [0.25, 0.3) is 0 Å². The molecule has 0 aromatic carbocycles. The van der Waals surface area contributed by atoms with E-state index in [0.29, 0.717) is 0 Å². The molecule has 0 aliphatic rings. The van der Waals surface area contributed by atoms with E-state index in [1.807, 2.05) is 0 Å². The van der Waals surface area contributed by atoms with E-state index in [0.717, 1.165) is 0 Å². The fraction of sp³-hybridized carbons (Fsp3) is 0. The van der Waals surface area contributed by atoms with Gasteiger partial charge in [-0.3, -0.25) is 4.46 Å². The van der Waals surface area contributed by atoms with Gasteiger partial charge in [-0.25, -0.2) is 0 Å².